The number of aromatic hydroxyl groups is 1. The number of ether oxygens (including phenoxy) is 1. The molecule has 0 heterocycles. The molecule has 104 valence electrons. The highest BCUT2D eigenvalue weighted by atomic mass is 16.6. The van der Waals surface area contributed by atoms with Crippen LogP contribution in [0.15, 0.2) is 24.3 Å². The first kappa shape index (κ1) is 15.0. The molecule has 3 N–H and O–H groups in total. The third kappa shape index (κ3) is 5.44. The normalized spacial score (nSPS) is 11.6. The summed E-state index contributed by atoms with van der Waals surface area (Å²) in [5.41, 5.74) is 0.423. The zero-order valence-corrected chi connectivity index (χ0v) is 11.3. The van der Waals surface area contributed by atoms with Crippen molar-refractivity contribution < 1.29 is 19.7 Å². The standard InChI is InChI=1S/C14H19NO4/c1-14(2,3)19-13(18)15-11-7-6-10(5-4-8-16)12(17)9-11/h4-7,9,16-17H,8H2,1-3H3,(H,15,18)/b5-4+. The van der Waals surface area contributed by atoms with Crippen LogP contribution in [0.25, 0.3) is 6.08 Å². The van der Waals surface area contributed by atoms with Gasteiger partial charge in [0, 0.05) is 17.3 Å². The number of phenolic OH excluding ortho intramolecular Hbond substituents is 1. The van der Waals surface area contributed by atoms with Crippen molar-refractivity contribution in [2.45, 2.75) is 26.4 Å². The van der Waals surface area contributed by atoms with Gasteiger partial charge in [-0.05, 0) is 32.9 Å². The van der Waals surface area contributed by atoms with Crippen molar-refractivity contribution in [2.75, 3.05) is 11.9 Å². The summed E-state index contributed by atoms with van der Waals surface area (Å²) < 4.78 is 5.10. The zero-order valence-electron chi connectivity index (χ0n) is 11.3. The minimum absolute atomic E-state index is 0.0123. The van der Waals surface area contributed by atoms with Gasteiger partial charge in [-0.1, -0.05) is 12.2 Å². The first-order valence-electron chi connectivity index (χ1n) is 5.92. The molecule has 0 aromatic heterocycles. The van der Waals surface area contributed by atoms with Gasteiger partial charge in [0.05, 0.1) is 6.61 Å². The monoisotopic (exact) mass is 265 g/mol. The smallest absolute Gasteiger partial charge is 0.412 e. The Morgan fingerprint density at radius 3 is 2.63 bits per heavy atom. The third-order valence-electron chi connectivity index (χ3n) is 2.08. The number of anilines is 1. The lowest BCUT2D eigenvalue weighted by molar-refractivity contribution is 0.0636. The number of benzene rings is 1. The van der Waals surface area contributed by atoms with Gasteiger partial charge in [0.25, 0.3) is 0 Å². The molecule has 0 bridgehead atoms. The van der Waals surface area contributed by atoms with E-state index in [-0.39, 0.29) is 12.4 Å². The maximum atomic E-state index is 11.5. The van der Waals surface area contributed by atoms with Crippen molar-refractivity contribution in [3.05, 3.63) is 29.8 Å². The molecule has 1 amide bonds. The van der Waals surface area contributed by atoms with Gasteiger partial charge >= 0.3 is 6.09 Å². The fourth-order valence-electron chi connectivity index (χ4n) is 1.36. The molecule has 1 aromatic carbocycles. The molecule has 0 atom stereocenters. The maximum absolute atomic E-state index is 11.5. The molecule has 1 rings (SSSR count). The molecule has 0 spiro atoms. The number of nitrogens with one attached hydrogen (secondary N) is 1. The Bertz CT molecular complexity index is 475. The van der Waals surface area contributed by atoms with Crippen LogP contribution in [-0.2, 0) is 4.74 Å². The molecule has 5 heteroatoms. The summed E-state index contributed by atoms with van der Waals surface area (Å²) in [5, 5.41) is 20.9. The molecule has 19 heavy (non-hydrogen) atoms. The Hall–Kier alpha value is -2.01. The average molecular weight is 265 g/mol. The van der Waals surface area contributed by atoms with Crippen molar-refractivity contribution in [1.29, 1.82) is 0 Å². The molecular formula is C14H19NO4. The second kappa shape index (κ2) is 6.24. The van der Waals surface area contributed by atoms with Crippen LogP contribution >= 0.6 is 0 Å². The Balaban J connectivity index is 2.73. The number of hydrogen-bond acceptors (Lipinski definition) is 4. The fraction of sp³-hybridized carbons (Fsp3) is 0.357. The van der Waals surface area contributed by atoms with Crippen LogP contribution in [0.5, 0.6) is 5.75 Å². The summed E-state index contributed by atoms with van der Waals surface area (Å²) in [6.07, 6.45) is 2.52. The van der Waals surface area contributed by atoms with Gasteiger partial charge in [-0.25, -0.2) is 4.79 Å². The van der Waals surface area contributed by atoms with Crippen LogP contribution in [0.4, 0.5) is 10.5 Å². The Morgan fingerprint density at radius 1 is 1.42 bits per heavy atom. The number of carbonyl (C=O) groups excluding carboxylic acids is 1. The van der Waals surface area contributed by atoms with Crippen molar-refractivity contribution in [3.63, 3.8) is 0 Å². The number of aliphatic hydroxyl groups is 1. The minimum atomic E-state index is -0.578. The SMILES string of the molecule is CC(C)(C)OC(=O)Nc1ccc(/C=C/CO)c(O)c1. The molecule has 0 radical (unpaired) electrons. The number of phenols is 1. The van der Waals surface area contributed by atoms with Crippen LogP contribution in [0.1, 0.15) is 26.3 Å². The van der Waals surface area contributed by atoms with Crippen molar-refractivity contribution in [3.8, 4) is 5.75 Å². The highest BCUT2D eigenvalue weighted by Gasteiger charge is 2.16. The van der Waals surface area contributed by atoms with Crippen molar-refractivity contribution in [1.82, 2.24) is 0 Å². The molecule has 1 aromatic rings. The molecule has 0 aliphatic carbocycles. The van der Waals surface area contributed by atoms with Gasteiger partial charge in [0.1, 0.15) is 11.4 Å². The fourth-order valence-corrected chi connectivity index (χ4v) is 1.36. The van der Waals surface area contributed by atoms with Gasteiger partial charge < -0.3 is 14.9 Å². The Kier molecular flexibility index (Phi) is 4.94. The molecule has 0 fully saturated rings. The minimum Gasteiger partial charge on any atom is -0.507 e. The zero-order chi connectivity index (χ0) is 14.5. The molecule has 0 aliphatic heterocycles. The first-order chi connectivity index (χ1) is 8.81. The summed E-state index contributed by atoms with van der Waals surface area (Å²) in [4.78, 5) is 11.5. The van der Waals surface area contributed by atoms with Crippen LogP contribution in [0.2, 0.25) is 0 Å². The van der Waals surface area contributed by atoms with Gasteiger partial charge in [0.2, 0.25) is 0 Å². The highest BCUT2D eigenvalue weighted by Crippen LogP contribution is 2.23. The number of aliphatic hydroxyl groups excluding tert-OH is 1. The summed E-state index contributed by atoms with van der Waals surface area (Å²) in [5.74, 6) is 0.0123. The van der Waals surface area contributed by atoms with Gasteiger partial charge in [-0.3, -0.25) is 5.32 Å². The second-order valence-electron chi connectivity index (χ2n) is 4.99. The van der Waals surface area contributed by atoms with Gasteiger partial charge in [0.15, 0.2) is 0 Å². The average Bonchev–Trinajstić information content (AvgIpc) is 2.25. The number of amides is 1. The molecule has 0 saturated carbocycles. The van der Waals surface area contributed by atoms with E-state index in [1.54, 1.807) is 39.0 Å². The third-order valence-corrected chi connectivity index (χ3v) is 2.08. The van der Waals surface area contributed by atoms with E-state index in [9.17, 15) is 9.90 Å². The van der Waals surface area contributed by atoms with Crippen LogP contribution in [-0.4, -0.2) is 28.5 Å². The van der Waals surface area contributed by atoms with E-state index >= 15 is 0 Å². The van der Waals surface area contributed by atoms with E-state index in [4.69, 9.17) is 9.84 Å². The van der Waals surface area contributed by atoms with E-state index in [1.807, 2.05) is 0 Å². The lowest BCUT2D eigenvalue weighted by atomic mass is 10.1. The number of hydrogen-bond donors (Lipinski definition) is 3. The topological polar surface area (TPSA) is 78.8 Å². The van der Waals surface area contributed by atoms with E-state index < -0.39 is 11.7 Å². The molecular weight excluding hydrogens is 246 g/mol. The Labute approximate surface area is 112 Å². The van der Waals surface area contributed by atoms with Gasteiger partial charge in [-0.15, -0.1) is 0 Å². The summed E-state index contributed by atoms with van der Waals surface area (Å²) in [6.45, 7) is 5.21. The largest absolute Gasteiger partial charge is 0.507 e. The summed E-state index contributed by atoms with van der Waals surface area (Å²) in [6, 6.07) is 4.69. The lowest BCUT2D eigenvalue weighted by Crippen LogP contribution is -2.27. The predicted molar refractivity (Wildman–Crippen MR) is 74.1 cm³/mol. The number of carbonyl (C=O) groups is 1. The van der Waals surface area contributed by atoms with Gasteiger partial charge in [-0.2, -0.15) is 0 Å². The van der Waals surface area contributed by atoms with Crippen molar-refractivity contribution in [2.24, 2.45) is 0 Å². The van der Waals surface area contributed by atoms with Crippen LogP contribution < -0.4 is 5.32 Å². The predicted octanol–water partition coefficient (Wildman–Crippen LogP) is 2.74. The van der Waals surface area contributed by atoms with Crippen LogP contribution in [0, 0.1) is 0 Å². The van der Waals surface area contributed by atoms with E-state index in [0.29, 0.717) is 11.3 Å². The molecule has 0 aliphatic rings. The lowest BCUT2D eigenvalue weighted by Gasteiger charge is -2.19. The quantitative estimate of drug-likeness (QED) is 0.785. The number of rotatable bonds is 3. The molecule has 0 saturated heterocycles. The molecule has 0 unspecified atom stereocenters. The highest BCUT2D eigenvalue weighted by molar-refractivity contribution is 5.85. The van der Waals surface area contributed by atoms with E-state index in [2.05, 4.69) is 5.32 Å². The van der Waals surface area contributed by atoms with E-state index in [1.165, 1.54) is 12.1 Å². The summed E-state index contributed by atoms with van der Waals surface area (Å²) in [7, 11) is 0. The first-order valence-corrected chi connectivity index (χ1v) is 5.92. The summed E-state index contributed by atoms with van der Waals surface area (Å²) >= 11 is 0. The molecule has 5 nitrogen and oxygen atoms in total. The second-order valence-corrected chi connectivity index (χ2v) is 4.99. The van der Waals surface area contributed by atoms with Crippen molar-refractivity contribution >= 4 is 17.9 Å². The van der Waals surface area contributed by atoms with Crippen LogP contribution in [0.3, 0.4) is 0 Å². The Morgan fingerprint density at radius 2 is 2.11 bits per heavy atom. The maximum Gasteiger partial charge on any atom is 0.412 e. The van der Waals surface area contributed by atoms with E-state index in [0.717, 1.165) is 0 Å².